The normalized spacial score (nSPS) is 17.8. The quantitative estimate of drug-likeness (QED) is 0.308. The van der Waals surface area contributed by atoms with E-state index in [9.17, 15) is 26.4 Å². The van der Waals surface area contributed by atoms with Crippen LogP contribution in [0.5, 0.6) is 0 Å². The summed E-state index contributed by atoms with van der Waals surface area (Å²) in [7, 11) is -8.11. The molecule has 0 spiro atoms. The molecule has 1 aliphatic heterocycles. The maximum atomic E-state index is 12.7. The fourth-order valence-corrected chi connectivity index (χ4v) is 4.04. The average Bonchev–Trinajstić information content (AvgIpc) is 3.05. The van der Waals surface area contributed by atoms with Gasteiger partial charge >= 0.3 is 21.7 Å². The zero-order valence-electron chi connectivity index (χ0n) is 18.6. The molecule has 180 valence electrons. The van der Waals surface area contributed by atoms with Gasteiger partial charge in [-0.1, -0.05) is 51.1 Å². The third-order valence-corrected chi connectivity index (χ3v) is 11.0. The largest absolute Gasteiger partial charge is 0.534 e. The van der Waals surface area contributed by atoms with E-state index in [1.165, 1.54) is 0 Å². The molecule has 0 fully saturated rings. The summed E-state index contributed by atoms with van der Waals surface area (Å²) in [5.74, 6) is -0.511. The first-order chi connectivity index (χ1) is 14.5. The van der Waals surface area contributed by atoms with Crippen LogP contribution in [0, 0.1) is 0 Å². The van der Waals surface area contributed by atoms with Crippen LogP contribution in [-0.4, -0.2) is 52.4 Å². The second-order valence-corrected chi connectivity index (χ2v) is 15.3. The first-order valence-corrected chi connectivity index (χ1v) is 14.2. The Morgan fingerprint density at radius 3 is 2.28 bits per heavy atom. The number of hydrogen-bond donors (Lipinski definition) is 0. The highest BCUT2D eigenvalue weighted by molar-refractivity contribution is 7.87. The Morgan fingerprint density at radius 2 is 1.75 bits per heavy atom. The minimum absolute atomic E-state index is 0.0319. The molecule has 0 aliphatic carbocycles. The first kappa shape index (κ1) is 26.2. The van der Waals surface area contributed by atoms with Crippen LogP contribution in [0.1, 0.15) is 26.3 Å². The van der Waals surface area contributed by atoms with E-state index in [0.29, 0.717) is 0 Å². The Labute approximate surface area is 187 Å². The van der Waals surface area contributed by atoms with Gasteiger partial charge in [0.2, 0.25) is 0 Å². The number of ether oxygens (including phenoxy) is 1. The van der Waals surface area contributed by atoms with Crippen molar-refractivity contribution in [2.75, 3.05) is 13.2 Å². The Kier molecular flexibility index (Phi) is 7.73. The highest BCUT2D eigenvalue weighted by Crippen LogP contribution is 2.37. The maximum Gasteiger partial charge on any atom is 0.534 e. The zero-order chi connectivity index (χ0) is 24.4. The minimum atomic E-state index is -5.85. The number of benzene rings is 1. The van der Waals surface area contributed by atoms with E-state index < -0.39 is 48.4 Å². The summed E-state index contributed by atoms with van der Waals surface area (Å²) in [5, 5.41) is -0.146. The molecule has 0 saturated heterocycles. The number of alkyl halides is 3. The van der Waals surface area contributed by atoms with E-state index >= 15 is 0 Å². The predicted molar refractivity (Wildman–Crippen MR) is 114 cm³/mol. The Hall–Kier alpha value is -2.05. The second kappa shape index (κ2) is 9.44. The van der Waals surface area contributed by atoms with Crippen LogP contribution in [0.2, 0.25) is 18.1 Å². The van der Waals surface area contributed by atoms with E-state index in [1.807, 2.05) is 33.9 Å². The molecule has 1 aliphatic rings. The molecule has 0 N–H and O–H groups in total. The second-order valence-electron chi connectivity index (χ2n) is 8.92. The minimum Gasteiger partial charge on any atom is -0.445 e. The molecule has 0 saturated carbocycles. The van der Waals surface area contributed by atoms with Gasteiger partial charge in [0.1, 0.15) is 12.4 Å². The van der Waals surface area contributed by atoms with Gasteiger partial charge < -0.3 is 13.3 Å². The number of rotatable bonds is 7. The lowest BCUT2D eigenvalue weighted by Gasteiger charge is -2.37. The average molecular weight is 496 g/mol. The van der Waals surface area contributed by atoms with Gasteiger partial charge in [0.25, 0.3) is 0 Å². The molecule has 2 rings (SSSR count). The van der Waals surface area contributed by atoms with Gasteiger partial charge in [-0.25, -0.2) is 4.79 Å². The fourth-order valence-electron chi connectivity index (χ4n) is 2.54. The molecule has 1 atom stereocenters. The van der Waals surface area contributed by atoms with Crippen LogP contribution in [0.4, 0.5) is 18.0 Å². The van der Waals surface area contributed by atoms with Crippen molar-refractivity contribution in [3.8, 4) is 0 Å². The van der Waals surface area contributed by atoms with E-state index in [4.69, 9.17) is 9.16 Å². The van der Waals surface area contributed by atoms with Gasteiger partial charge in [-0.2, -0.15) is 21.6 Å². The summed E-state index contributed by atoms with van der Waals surface area (Å²) in [6.45, 7) is 9.43. The van der Waals surface area contributed by atoms with Crippen molar-refractivity contribution in [1.29, 1.82) is 0 Å². The van der Waals surface area contributed by atoms with Crippen molar-refractivity contribution in [3.63, 3.8) is 0 Å². The molecule has 1 aromatic carbocycles. The van der Waals surface area contributed by atoms with E-state index in [0.717, 1.165) is 16.5 Å². The number of halogens is 3. The fraction of sp³-hybridized carbons (Fsp3) is 0.550. The SMILES string of the molecule is CC(C)(C)[Si](C)(C)OC[C@@H]1C=C(OS(=O)(=O)C(F)(F)F)CN1C(=O)OCc1ccccc1. The van der Waals surface area contributed by atoms with Gasteiger partial charge in [-0.3, -0.25) is 4.90 Å². The van der Waals surface area contributed by atoms with E-state index in [1.54, 1.807) is 30.3 Å². The maximum absolute atomic E-state index is 12.7. The first-order valence-electron chi connectivity index (χ1n) is 9.86. The molecular formula is C20H28F3NO6SSi. The number of carbonyl (C=O) groups is 1. The molecule has 0 bridgehead atoms. The van der Waals surface area contributed by atoms with Crippen molar-refractivity contribution < 1.29 is 39.7 Å². The van der Waals surface area contributed by atoms with Crippen LogP contribution in [0.25, 0.3) is 0 Å². The van der Waals surface area contributed by atoms with E-state index in [-0.39, 0.29) is 18.3 Å². The smallest absolute Gasteiger partial charge is 0.445 e. The lowest BCUT2D eigenvalue weighted by atomic mass is 10.2. The summed E-state index contributed by atoms with van der Waals surface area (Å²) in [6, 6.07) is 7.99. The molecule has 32 heavy (non-hydrogen) atoms. The van der Waals surface area contributed by atoms with Crippen molar-refractivity contribution in [2.24, 2.45) is 0 Å². The van der Waals surface area contributed by atoms with Gasteiger partial charge in [0, 0.05) is 0 Å². The van der Waals surface area contributed by atoms with Crippen molar-refractivity contribution >= 4 is 24.5 Å². The molecule has 0 aromatic heterocycles. The molecule has 7 nitrogen and oxygen atoms in total. The van der Waals surface area contributed by atoms with Gasteiger partial charge in [0.15, 0.2) is 8.32 Å². The van der Waals surface area contributed by atoms with E-state index in [2.05, 4.69) is 4.18 Å². The summed E-state index contributed by atoms with van der Waals surface area (Å²) < 4.78 is 76.6. The van der Waals surface area contributed by atoms with Crippen LogP contribution in [0.15, 0.2) is 42.2 Å². The molecule has 0 radical (unpaired) electrons. The summed E-state index contributed by atoms with van der Waals surface area (Å²) in [4.78, 5) is 13.8. The van der Waals surface area contributed by atoms with Crippen LogP contribution >= 0.6 is 0 Å². The Bertz CT molecular complexity index is 942. The molecule has 0 unspecified atom stereocenters. The lowest BCUT2D eigenvalue weighted by Crippen LogP contribution is -2.46. The molecule has 1 heterocycles. The number of amides is 1. The molecule has 12 heteroatoms. The van der Waals surface area contributed by atoms with Crippen LogP contribution in [0.3, 0.4) is 0 Å². The highest BCUT2D eigenvalue weighted by atomic mass is 32.2. The van der Waals surface area contributed by atoms with Crippen LogP contribution < -0.4 is 0 Å². The summed E-state index contributed by atoms with van der Waals surface area (Å²) in [5.41, 5.74) is -4.86. The topological polar surface area (TPSA) is 82.1 Å². The molecular weight excluding hydrogens is 467 g/mol. The number of hydrogen-bond acceptors (Lipinski definition) is 6. The van der Waals surface area contributed by atoms with Crippen molar-refractivity contribution in [2.45, 2.75) is 57.1 Å². The molecule has 1 aromatic rings. The van der Waals surface area contributed by atoms with Gasteiger partial charge in [-0.05, 0) is 29.8 Å². The molecule has 1 amide bonds. The third kappa shape index (κ3) is 6.48. The Morgan fingerprint density at radius 1 is 1.16 bits per heavy atom. The predicted octanol–water partition coefficient (Wildman–Crippen LogP) is 4.78. The standard InChI is InChI=1S/C20H28F3NO6SSi/c1-19(2,3)32(4,5)29-14-16-11-17(30-31(26,27)20(21,22)23)12-24(16)18(25)28-13-15-9-7-6-8-10-15/h6-11,16H,12-14H2,1-5H3/t16-/m0/s1. The summed E-state index contributed by atoms with van der Waals surface area (Å²) >= 11 is 0. The van der Waals surface area contributed by atoms with Crippen molar-refractivity contribution in [1.82, 2.24) is 4.90 Å². The highest BCUT2D eigenvalue weighted by Gasteiger charge is 2.50. The van der Waals surface area contributed by atoms with Crippen LogP contribution in [-0.2, 0) is 30.1 Å². The summed E-state index contributed by atoms with van der Waals surface area (Å²) in [6.07, 6.45) is 0.331. The van der Waals surface area contributed by atoms with Gasteiger partial charge in [0.05, 0.1) is 19.2 Å². The third-order valence-electron chi connectivity index (χ3n) is 5.47. The monoisotopic (exact) mass is 495 g/mol. The Balaban J connectivity index is 2.17. The zero-order valence-corrected chi connectivity index (χ0v) is 20.4. The van der Waals surface area contributed by atoms with Gasteiger partial charge in [-0.15, -0.1) is 0 Å². The lowest BCUT2D eigenvalue weighted by molar-refractivity contribution is -0.0523. The number of nitrogens with zero attached hydrogens (tertiary/aromatic N) is 1. The van der Waals surface area contributed by atoms with Crippen molar-refractivity contribution in [3.05, 3.63) is 47.7 Å². The number of carbonyl (C=O) groups excluding carboxylic acids is 1.